The van der Waals surface area contributed by atoms with Crippen LogP contribution in [-0.4, -0.2) is 23.2 Å². The molecule has 108 valence electrons. The fourth-order valence-electron chi connectivity index (χ4n) is 3.24. The number of ether oxygens (including phenoxy) is 2. The molecule has 1 aromatic heterocycles. The van der Waals surface area contributed by atoms with Gasteiger partial charge in [-0.05, 0) is 54.8 Å². The van der Waals surface area contributed by atoms with Crippen LogP contribution in [0.15, 0.2) is 42.7 Å². The first kappa shape index (κ1) is 12.7. The Bertz CT molecular complexity index is 630. The minimum absolute atomic E-state index is 0.337. The van der Waals surface area contributed by atoms with Gasteiger partial charge in [0.2, 0.25) is 6.79 Å². The van der Waals surface area contributed by atoms with E-state index >= 15 is 0 Å². The second kappa shape index (κ2) is 5.37. The van der Waals surface area contributed by atoms with E-state index in [-0.39, 0.29) is 0 Å². The second-order valence-corrected chi connectivity index (χ2v) is 5.60. The Morgan fingerprint density at radius 2 is 1.95 bits per heavy atom. The summed E-state index contributed by atoms with van der Waals surface area (Å²) in [5.41, 5.74) is 2.64. The normalized spacial score (nSPS) is 20.9. The van der Waals surface area contributed by atoms with Crippen LogP contribution < -0.4 is 9.47 Å². The first-order valence-electron chi connectivity index (χ1n) is 7.43. The highest BCUT2D eigenvalue weighted by Gasteiger charge is 2.27. The molecule has 0 aliphatic carbocycles. The fourth-order valence-corrected chi connectivity index (χ4v) is 3.24. The van der Waals surface area contributed by atoms with Crippen molar-refractivity contribution >= 4 is 0 Å². The van der Waals surface area contributed by atoms with Gasteiger partial charge in [-0.15, -0.1) is 0 Å². The number of benzene rings is 1. The number of fused-ring (bicyclic) bond motifs is 1. The summed E-state index contributed by atoms with van der Waals surface area (Å²) in [6.07, 6.45) is 6.16. The van der Waals surface area contributed by atoms with Crippen LogP contribution in [0.1, 0.15) is 30.0 Å². The monoisotopic (exact) mass is 282 g/mol. The molecular weight excluding hydrogens is 264 g/mol. The van der Waals surface area contributed by atoms with Gasteiger partial charge in [-0.25, -0.2) is 0 Å². The van der Waals surface area contributed by atoms with E-state index in [9.17, 15) is 0 Å². The number of pyridine rings is 1. The van der Waals surface area contributed by atoms with Gasteiger partial charge in [0.25, 0.3) is 0 Å². The third-order valence-electron chi connectivity index (χ3n) is 4.28. The van der Waals surface area contributed by atoms with E-state index in [4.69, 9.17) is 9.47 Å². The van der Waals surface area contributed by atoms with Crippen LogP contribution >= 0.6 is 0 Å². The molecule has 2 aliphatic heterocycles. The van der Waals surface area contributed by atoms with Crippen molar-refractivity contribution in [1.82, 2.24) is 9.88 Å². The lowest BCUT2D eigenvalue weighted by Gasteiger charge is -2.25. The van der Waals surface area contributed by atoms with Gasteiger partial charge >= 0.3 is 0 Å². The summed E-state index contributed by atoms with van der Waals surface area (Å²) in [6.45, 7) is 2.45. The van der Waals surface area contributed by atoms with Crippen molar-refractivity contribution in [3.63, 3.8) is 0 Å². The van der Waals surface area contributed by atoms with E-state index in [0.29, 0.717) is 12.8 Å². The Hall–Kier alpha value is -2.07. The van der Waals surface area contributed by atoms with Crippen LogP contribution in [0.2, 0.25) is 0 Å². The largest absolute Gasteiger partial charge is 0.454 e. The van der Waals surface area contributed by atoms with Gasteiger partial charge in [0.15, 0.2) is 11.5 Å². The SMILES string of the molecule is c1cc(CN2CCCC2c2ccc3c(c2)OCO3)ccn1. The third kappa shape index (κ3) is 2.47. The summed E-state index contributed by atoms with van der Waals surface area (Å²) in [5, 5.41) is 0. The van der Waals surface area contributed by atoms with Gasteiger partial charge in [-0.2, -0.15) is 0 Å². The van der Waals surface area contributed by atoms with E-state index in [0.717, 1.165) is 24.6 Å². The first-order chi connectivity index (χ1) is 10.4. The summed E-state index contributed by atoms with van der Waals surface area (Å²) < 4.78 is 10.9. The zero-order chi connectivity index (χ0) is 14.1. The van der Waals surface area contributed by atoms with Crippen molar-refractivity contribution < 1.29 is 9.47 Å². The van der Waals surface area contributed by atoms with Crippen LogP contribution in [0.25, 0.3) is 0 Å². The number of likely N-dealkylation sites (tertiary alicyclic amines) is 1. The average molecular weight is 282 g/mol. The zero-order valence-corrected chi connectivity index (χ0v) is 11.9. The maximum absolute atomic E-state index is 5.50. The molecule has 4 heteroatoms. The molecule has 1 unspecified atom stereocenters. The Kier molecular flexibility index (Phi) is 3.24. The molecule has 1 atom stereocenters. The highest BCUT2D eigenvalue weighted by molar-refractivity contribution is 5.45. The van der Waals surface area contributed by atoms with Crippen LogP contribution in [0.3, 0.4) is 0 Å². The minimum Gasteiger partial charge on any atom is -0.454 e. The van der Waals surface area contributed by atoms with Crippen molar-refractivity contribution in [3.8, 4) is 11.5 Å². The van der Waals surface area contributed by atoms with Crippen molar-refractivity contribution in [2.24, 2.45) is 0 Å². The summed E-state index contributed by atoms with van der Waals surface area (Å²) in [6, 6.07) is 11.0. The quantitative estimate of drug-likeness (QED) is 0.866. The number of nitrogens with zero attached hydrogens (tertiary/aromatic N) is 2. The highest BCUT2D eigenvalue weighted by Crippen LogP contribution is 2.39. The van der Waals surface area contributed by atoms with Crippen LogP contribution in [0, 0.1) is 0 Å². The minimum atomic E-state index is 0.337. The molecule has 1 saturated heterocycles. The lowest BCUT2D eigenvalue weighted by Crippen LogP contribution is -2.22. The maximum atomic E-state index is 5.50. The second-order valence-electron chi connectivity index (χ2n) is 5.60. The molecule has 2 aliphatic rings. The summed E-state index contributed by atoms with van der Waals surface area (Å²) in [4.78, 5) is 6.62. The molecule has 3 heterocycles. The van der Waals surface area contributed by atoms with Crippen LogP contribution in [0.4, 0.5) is 0 Å². The Morgan fingerprint density at radius 3 is 2.86 bits per heavy atom. The molecule has 0 N–H and O–H groups in total. The Labute approximate surface area is 124 Å². The molecule has 21 heavy (non-hydrogen) atoms. The molecule has 1 aromatic carbocycles. The molecular formula is C17H18N2O2. The Balaban J connectivity index is 1.56. The predicted molar refractivity (Wildman–Crippen MR) is 79.2 cm³/mol. The first-order valence-corrected chi connectivity index (χ1v) is 7.43. The molecule has 0 amide bonds. The average Bonchev–Trinajstić information content (AvgIpc) is 3.16. The van der Waals surface area contributed by atoms with Gasteiger partial charge < -0.3 is 9.47 Å². The van der Waals surface area contributed by atoms with Gasteiger partial charge in [-0.1, -0.05) is 6.07 Å². The number of aromatic nitrogens is 1. The number of hydrogen-bond acceptors (Lipinski definition) is 4. The molecule has 0 spiro atoms. The summed E-state index contributed by atoms with van der Waals surface area (Å²) in [5.74, 6) is 1.74. The smallest absolute Gasteiger partial charge is 0.231 e. The lowest BCUT2D eigenvalue weighted by molar-refractivity contribution is 0.174. The van der Waals surface area contributed by atoms with Gasteiger partial charge in [0.1, 0.15) is 0 Å². The van der Waals surface area contributed by atoms with Crippen LogP contribution in [0.5, 0.6) is 11.5 Å². The molecule has 0 bridgehead atoms. The third-order valence-corrected chi connectivity index (χ3v) is 4.28. The van der Waals surface area contributed by atoms with Crippen molar-refractivity contribution in [3.05, 3.63) is 53.9 Å². The Morgan fingerprint density at radius 1 is 1.10 bits per heavy atom. The summed E-state index contributed by atoms with van der Waals surface area (Å²) in [7, 11) is 0. The molecule has 4 rings (SSSR count). The van der Waals surface area contributed by atoms with Crippen molar-refractivity contribution in [2.45, 2.75) is 25.4 Å². The molecule has 1 fully saturated rings. The highest BCUT2D eigenvalue weighted by atomic mass is 16.7. The number of hydrogen-bond donors (Lipinski definition) is 0. The predicted octanol–water partition coefficient (Wildman–Crippen LogP) is 3.15. The summed E-state index contributed by atoms with van der Waals surface area (Å²) >= 11 is 0. The number of rotatable bonds is 3. The van der Waals surface area contributed by atoms with Crippen molar-refractivity contribution in [1.29, 1.82) is 0 Å². The molecule has 4 nitrogen and oxygen atoms in total. The van der Waals surface area contributed by atoms with E-state index in [1.807, 2.05) is 18.5 Å². The zero-order valence-electron chi connectivity index (χ0n) is 11.9. The van der Waals surface area contributed by atoms with E-state index < -0.39 is 0 Å². The molecule has 2 aromatic rings. The molecule has 0 saturated carbocycles. The van der Waals surface area contributed by atoms with Gasteiger partial charge in [0, 0.05) is 25.0 Å². The van der Waals surface area contributed by atoms with E-state index in [2.05, 4.69) is 34.1 Å². The van der Waals surface area contributed by atoms with E-state index in [1.165, 1.54) is 24.0 Å². The van der Waals surface area contributed by atoms with E-state index in [1.54, 1.807) is 0 Å². The van der Waals surface area contributed by atoms with Gasteiger partial charge in [0.05, 0.1) is 0 Å². The topological polar surface area (TPSA) is 34.6 Å². The molecule has 0 radical (unpaired) electrons. The standard InChI is InChI=1S/C17H18N2O2/c1-2-15(14-3-4-16-17(10-14)21-12-20-16)19(9-1)11-13-5-7-18-8-6-13/h3-8,10,15H,1-2,9,11-12H2. The van der Waals surface area contributed by atoms with Gasteiger partial charge in [-0.3, -0.25) is 9.88 Å². The van der Waals surface area contributed by atoms with Crippen LogP contribution in [-0.2, 0) is 6.54 Å². The fraction of sp³-hybridized carbons (Fsp3) is 0.353. The lowest BCUT2D eigenvalue weighted by atomic mass is 10.0. The maximum Gasteiger partial charge on any atom is 0.231 e. The van der Waals surface area contributed by atoms with Crippen molar-refractivity contribution in [2.75, 3.05) is 13.3 Å².